The number of aromatic nitrogens is 3. The fraction of sp³-hybridized carbons (Fsp3) is 0.583. The number of hydrogen-bond acceptors (Lipinski definition) is 5. The molecule has 0 saturated heterocycles. The van der Waals surface area contributed by atoms with Crippen LogP contribution in [0.3, 0.4) is 0 Å². The van der Waals surface area contributed by atoms with Gasteiger partial charge in [0.25, 0.3) is 0 Å². The van der Waals surface area contributed by atoms with E-state index in [1.54, 1.807) is 6.20 Å². The zero-order chi connectivity index (χ0) is 15.7. The van der Waals surface area contributed by atoms with Crippen LogP contribution in [0.4, 0.5) is 4.79 Å². The Morgan fingerprint density at radius 2 is 2.05 bits per heavy atom. The number of urea groups is 1. The van der Waals surface area contributed by atoms with Gasteiger partial charge in [0.2, 0.25) is 5.91 Å². The molecule has 3 N–H and O–H groups in total. The third-order valence-corrected chi connectivity index (χ3v) is 2.71. The van der Waals surface area contributed by atoms with Crippen LogP contribution in [0, 0.1) is 0 Å². The number of nitrogens with one attached hydrogen (secondary N) is 2. The summed E-state index contributed by atoms with van der Waals surface area (Å²) >= 11 is 0. The first-order valence-electron chi connectivity index (χ1n) is 6.63. The molecule has 21 heavy (non-hydrogen) atoms. The summed E-state index contributed by atoms with van der Waals surface area (Å²) in [4.78, 5) is 32.7. The number of unbranched alkanes of at least 4 members (excludes halogenated alkanes) is 1. The number of carboxylic acid groups (broad SMARTS) is 1. The highest BCUT2D eigenvalue weighted by atomic mass is 16.4. The molecule has 3 amide bonds. The van der Waals surface area contributed by atoms with Crippen molar-refractivity contribution in [2.24, 2.45) is 0 Å². The second-order valence-electron chi connectivity index (χ2n) is 4.45. The first-order chi connectivity index (χ1) is 10.0. The number of hydrogen-bond donors (Lipinski definition) is 3. The number of aryl methyl sites for hydroxylation is 2. The Labute approximate surface area is 121 Å². The van der Waals surface area contributed by atoms with Gasteiger partial charge in [-0.2, -0.15) is 0 Å². The lowest BCUT2D eigenvalue weighted by atomic mass is 10.1. The van der Waals surface area contributed by atoms with E-state index < -0.39 is 17.9 Å². The maximum atomic E-state index is 11.4. The highest BCUT2D eigenvalue weighted by Crippen LogP contribution is 2.03. The molecular formula is C12H19N5O4. The maximum Gasteiger partial charge on any atom is 0.321 e. The van der Waals surface area contributed by atoms with Crippen molar-refractivity contribution in [3.8, 4) is 0 Å². The first-order valence-corrected chi connectivity index (χ1v) is 6.63. The average molecular weight is 297 g/mol. The van der Waals surface area contributed by atoms with Gasteiger partial charge in [0.15, 0.2) is 0 Å². The summed E-state index contributed by atoms with van der Waals surface area (Å²) in [5.41, 5.74) is 0.757. The van der Waals surface area contributed by atoms with E-state index in [1.807, 2.05) is 0 Å². The Bertz CT molecular complexity index is 500. The van der Waals surface area contributed by atoms with Gasteiger partial charge in [-0.05, 0) is 19.3 Å². The summed E-state index contributed by atoms with van der Waals surface area (Å²) in [5, 5.41) is 20.8. The van der Waals surface area contributed by atoms with Crippen LogP contribution in [-0.2, 0) is 22.6 Å². The molecule has 1 heterocycles. The minimum Gasteiger partial charge on any atom is -0.481 e. The van der Waals surface area contributed by atoms with E-state index in [4.69, 9.17) is 5.11 Å². The van der Waals surface area contributed by atoms with Gasteiger partial charge in [-0.1, -0.05) is 5.21 Å². The predicted molar refractivity (Wildman–Crippen MR) is 72.4 cm³/mol. The van der Waals surface area contributed by atoms with Crippen molar-refractivity contribution in [1.29, 1.82) is 0 Å². The van der Waals surface area contributed by atoms with Gasteiger partial charge in [0, 0.05) is 26.1 Å². The van der Waals surface area contributed by atoms with Crippen molar-refractivity contribution in [3.05, 3.63) is 11.9 Å². The largest absolute Gasteiger partial charge is 0.481 e. The zero-order valence-electron chi connectivity index (χ0n) is 11.8. The highest BCUT2D eigenvalue weighted by molar-refractivity contribution is 5.94. The lowest BCUT2D eigenvalue weighted by Crippen LogP contribution is -2.37. The minimum absolute atomic E-state index is 0.120. The van der Waals surface area contributed by atoms with Crippen LogP contribution in [0.2, 0.25) is 0 Å². The molecular weight excluding hydrogens is 278 g/mol. The van der Waals surface area contributed by atoms with E-state index in [-0.39, 0.29) is 12.8 Å². The van der Waals surface area contributed by atoms with E-state index in [2.05, 4.69) is 20.9 Å². The zero-order valence-corrected chi connectivity index (χ0v) is 11.8. The van der Waals surface area contributed by atoms with Gasteiger partial charge in [0.1, 0.15) is 0 Å². The van der Waals surface area contributed by atoms with E-state index in [0.717, 1.165) is 12.1 Å². The standard InChI is InChI=1S/C12H19N5O4/c1-13-12(21)14-10(18)6-7-17-8-9(15-16-17)4-2-3-5-11(19)20/h8H,2-7H2,1H3,(H,19,20)(H2,13,14,18,21). The normalized spacial score (nSPS) is 10.1. The Morgan fingerprint density at radius 3 is 2.71 bits per heavy atom. The highest BCUT2D eigenvalue weighted by Gasteiger charge is 2.07. The quantitative estimate of drug-likeness (QED) is 0.576. The number of nitrogens with zero attached hydrogens (tertiary/aromatic N) is 3. The van der Waals surface area contributed by atoms with Gasteiger partial charge in [-0.15, -0.1) is 5.10 Å². The molecule has 0 fully saturated rings. The number of carboxylic acids is 1. The van der Waals surface area contributed by atoms with Gasteiger partial charge in [-0.3, -0.25) is 19.6 Å². The smallest absolute Gasteiger partial charge is 0.321 e. The molecule has 9 nitrogen and oxygen atoms in total. The molecule has 0 aliphatic heterocycles. The summed E-state index contributed by atoms with van der Waals surface area (Å²) in [5.74, 6) is -1.20. The SMILES string of the molecule is CNC(=O)NC(=O)CCn1cc(CCCCC(=O)O)nn1. The number of carbonyl (C=O) groups is 3. The van der Waals surface area contributed by atoms with Crippen LogP contribution in [-0.4, -0.2) is 45.1 Å². The third kappa shape index (κ3) is 7.04. The second kappa shape index (κ2) is 8.67. The van der Waals surface area contributed by atoms with Crippen LogP contribution in [0.15, 0.2) is 6.20 Å². The van der Waals surface area contributed by atoms with Crippen LogP contribution < -0.4 is 10.6 Å². The number of imide groups is 1. The molecule has 0 spiro atoms. The molecule has 1 aromatic heterocycles. The van der Waals surface area contributed by atoms with Crippen LogP contribution >= 0.6 is 0 Å². The van der Waals surface area contributed by atoms with Gasteiger partial charge in [0.05, 0.1) is 12.2 Å². The Balaban J connectivity index is 2.26. The van der Waals surface area contributed by atoms with Crippen molar-refractivity contribution in [2.45, 2.75) is 38.6 Å². The monoisotopic (exact) mass is 297 g/mol. The van der Waals surface area contributed by atoms with Crippen molar-refractivity contribution in [1.82, 2.24) is 25.6 Å². The van der Waals surface area contributed by atoms with Crippen LogP contribution in [0.5, 0.6) is 0 Å². The first kappa shape index (κ1) is 16.6. The van der Waals surface area contributed by atoms with Crippen molar-refractivity contribution in [2.75, 3.05) is 7.05 Å². The summed E-state index contributed by atoms with van der Waals surface area (Å²) in [6, 6.07) is -0.544. The fourth-order valence-electron chi connectivity index (χ4n) is 1.61. The molecule has 0 radical (unpaired) electrons. The van der Waals surface area contributed by atoms with Gasteiger partial charge >= 0.3 is 12.0 Å². The molecule has 0 aromatic carbocycles. The molecule has 0 atom stereocenters. The molecule has 1 rings (SSSR count). The second-order valence-corrected chi connectivity index (χ2v) is 4.45. The molecule has 116 valence electrons. The summed E-state index contributed by atoms with van der Waals surface area (Å²) in [7, 11) is 1.43. The van der Waals surface area contributed by atoms with Crippen molar-refractivity contribution < 1.29 is 19.5 Å². The maximum absolute atomic E-state index is 11.4. The lowest BCUT2D eigenvalue weighted by molar-refractivity contribution is -0.137. The molecule has 0 unspecified atom stereocenters. The summed E-state index contributed by atoms with van der Waals surface area (Å²) in [6.07, 6.45) is 3.95. The minimum atomic E-state index is -0.805. The van der Waals surface area contributed by atoms with E-state index in [1.165, 1.54) is 11.7 Å². The van der Waals surface area contributed by atoms with Gasteiger partial charge < -0.3 is 10.4 Å². The summed E-state index contributed by atoms with van der Waals surface area (Å²) in [6.45, 7) is 0.324. The number of aliphatic carboxylic acids is 1. The Morgan fingerprint density at radius 1 is 1.29 bits per heavy atom. The molecule has 0 saturated carbocycles. The topological polar surface area (TPSA) is 126 Å². The Hall–Kier alpha value is -2.45. The van der Waals surface area contributed by atoms with E-state index >= 15 is 0 Å². The fourth-order valence-corrected chi connectivity index (χ4v) is 1.61. The molecule has 0 aliphatic carbocycles. The van der Waals surface area contributed by atoms with Crippen LogP contribution in [0.25, 0.3) is 0 Å². The molecule has 0 bridgehead atoms. The molecule has 1 aromatic rings. The number of carbonyl (C=O) groups excluding carboxylic acids is 2. The number of amides is 3. The molecule has 9 heteroatoms. The van der Waals surface area contributed by atoms with Gasteiger partial charge in [-0.25, -0.2) is 4.79 Å². The van der Waals surface area contributed by atoms with Crippen LogP contribution in [0.1, 0.15) is 31.4 Å². The Kier molecular flexibility index (Phi) is 6.85. The number of rotatable bonds is 8. The molecule has 0 aliphatic rings. The third-order valence-electron chi connectivity index (χ3n) is 2.71. The summed E-state index contributed by atoms with van der Waals surface area (Å²) < 4.78 is 1.52. The predicted octanol–water partition coefficient (Wildman–Crippen LogP) is -0.0788. The van der Waals surface area contributed by atoms with E-state index in [9.17, 15) is 14.4 Å². The van der Waals surface area contributed by atoms with Crippen molar-refractivity contribution in [3.63, 3.8) is 0 Å². The van der Waals surface area contributed by atoms with Crippen molar-refractivity contribution >= 4 is 17.9 Å². The lowest BCUT2D eigenvalue weighted by Gasteiger charge is -2.02. The average Bonchev–Trinajstić information content (AvgIpc) is 2.89. The van der Waals surface area contributed by atoms with E-state index in [0.29, 0.717) is 19.4 Å².